The number of hydrogen-bond donors (Lipinski definition) is 0. The lowest BCUT2D eigenvalue weighted by Crippen LogP contribution is -2.59. The van der Waals surface area contributed by atoms with Gasteiger partial charge >= 0.3 is 0 Å². The SMILES string of the molecule is CC1CN(C(=O)c2cccc3nncn23)CC2(CCC2)O1. The summed E-state index contributed by atoms with van der Waals surface area (Å²) in [5, 5.41) is 7.87. The number of pyridine rings is 1. The number of amides is 1. The molecule has 1 unspecified atom stereocenters. The van der Waals surface area contributed by atoms with Gasteiger partial charge in [-0.15, -0.1) is 10.2 Å². The van der Waals surface area contributed by atoms with Gasteiger partial charge in [0.2, 0.25) is 0 Å². The molecule has 1 aliphatic carbocycles. The van der Waals surface area contributed by atoms with Gasteiger partial charge in [0.1, 0.15) is 12.0 Å². The van der Waals surface area contributed by atoms with Crippen LogP contribution in [-0.4, -0.2) is 50.2 Å². The fourth-order valence-corrected chi connectivity index (χ4v) is 3.41. The van der Waals surface area contributed by atoms with Gasteiger partial charge in [0, 0.05) is 6.54 Å². The Bertz CT molecular complexity index is 692. The van der Waals surface area contributed by atoms with Gasteiger partial charge in [-0.1, -0.05) is 6.07 Å². The first-order chi connectivity index (χ1) is 10.2. The standard InChI is InChI=1S/C15H18N4O2/c1-11-8-18(9-15(21-11)6-3-7-15)14(20)12-4-2-5-13-17-16-10-19(12)13/h2,4-5,10-11H,3,6-9H2,1H3. The van der Waals surface area contributed by atoms with Crippen LogP contribution in [-0.2, 0) is 4.74 Å². The number of rotatable bonds is 1. The van der Waals surface area contributed by atoms with E-state index in [1.807, 2.05) is 30.0 Å². The fourth-order valence-electron chi connectivity index (χ4n) is 3.41. The first kappa shape index (κ1) is 12.8. The van der Waals surface area contributed by atoms with Gasteiger partial charge in [-0.05, 0) is 38.3 Å². The van der Waals surface area contributed by atoms with Crippen molar-refractivity contribution in [3.8, 4) is 0 Å². The summed E-state index contributed by atoms with van der Waals surface area (Å²) < 4.78 is 7.82. The number of carbonyl (C=O) groups is 1. The number of nitrogens with zero attached hydrogens (tertiary/aromatic N) is 4. The molecule has 0 bridgehead atoms. The molecule has 2 aromatic heterocycles. The Balaban J connectivity index is 1.66. The van der Waals surface area contributed by atoms with Gasteiger partial charge < -0.3 is 9.64 Å². The molecule has 1 amide bonds. The summed E-state index contributed by atoms with van der Waals surface area (Å²) in [6.45, 7) is 3.37. The number of fused-ring (bicyclic) bond motifs is 1. The van der Waals surface area contributed by atoms with E-state index in [1.54, 1.807) is 10.7 Å². The highest BCUT2D eigenvalue weighted by atomic mass is 16.5. The number of hydrogen-bond acceptors (Lipinski definition) is 4. The first-order valence-electron chi connectivity index (χ1n) is 7.43. The van der Waals surface area contributed by atoms with Gasteiger partial charge in [0.25, 0.3) is 5.91 Å². The van der Waals surface area contributed by atoms with Crippen molar-refractivity contribution in [2.24, 2.45) is 0 Å². The van der Waals surface area contributed by atoms with E-state index >= 15 is 0 Å². The van der Waals surface area contributed by atoms with Gasteiger partial charge in [0.05, 0.1) is 18.2 Å². The van der Waals surface area contributed by atoms with Crippen LogP contribution in [0.15, 0.2) is 24.5 Å². The van der Waals surface area contributed by atoms with Crippen molar-refractivity contribution >= 4 is 11.6 Å². The van der Waals surface area contributed by atoms with Crippen LogP contribution in [0.2, 0.25) is 0 Å². The highest BCUT2D eigenvalue weighted by Crippen LogP contribution is 2.40. The van der Waals surface area contributed by atoms with Crippen molar-refractivity contribution in [3.63, 3.8) is 0 Å². The highest BCUT2D eigenvalue weighted by molar-refractivity contribution is 5.93. The molecule has 4 rings (SSSR count). The Hall–Kier alpha value is -1.95. The molecule has 0 radical (unpaired) electrons. The molecule has 6 nitrogen and oxygen atoms in total. The zero-order valence-corrected chi connectivity index (χ0v) is 12.0. The Morgan fingerprint density at radius 3 is 3.05 bits per heavy atom. The quantitative estimate of drug-likeness (QED) is 0.797. The summed E-state index contributed by atoms with van der Waals surface area (Å²) in [5.74, 6) is 0.0295. The Morgan fingerprint density at radius 1 is 1.43 bits per heavy atom. The molecule has 0 N–H and O–H groups in total. The maximum atomic E-state index is 12.9. The zero-order valence-electron chi connectivity index (χ0n) is 12.0. The predicted molar refractivity (Wildman–Crippen MR) is 76.0 cm³/mol. The van der Waals surface area contributed by atoms with Gasteiger partial charge in [0.15, 0.2) is 5.65 Å². The molecule has 2 fully saturated rings. The fraction of sp³-hybridized carbons (Fsp3) is 0.533. The third kappa shape index (κ3) is 2.01. The lowest BCUT2D eigenvalue weighted by atomic mass is 9.78. The topological polar surface area (TPSA) is 59.7 Å². The molecule has 6 heteroatoms. The number of carbonyl (C=O) groups excluding carboxylic acids is 1. The lowest BCUT2D eigenvalue weighted by molar-refractivity contribution is -0.176. The third-order valence-electron chi connectivity index (χ3n) is 4.51. The molecule has 1 aliphatic heterocycles. The normalized spacial score (nSPS) is 24.2. The minimum atomic E-state index is -0.103. The molecular formula is C15H18N4O2. The van der Waals surface area contributed by atoms with Crippen LogP contribution in [0.25, 0.3) is 5.65 Å². The minimum absolute atomic E-state index is 0.0295. The van der Waals surface area contributed by atoms with Gasteiger partial charge in [-0.3, -0.25) is 9.20 Å². The second-order valence-corrected chi connectivity index (χ2v) is 6.12. The molecule has 3 heterocycles. The molecule has 1 saturated heterocycles. The molecular weight excluding hydrogens is 268 g/mol. The summed E-state index contributed by atoms with van der Waals surface area (Å²) in [6.07, 6.45) is 4.97. The van der Waals surface area contributed by atoms with Crippen molar-refractivity contribution in [2.75, 3.05) is 13.1 Å². The predicted octanol–water partition coefficient (Wildman–Crippen LogP) is 1.51. The summed E-state index contributed by atoms with van der Waals surface area (Å²) in [6, 6.07) is 5.52. The number of ether oxygens (including phenoxy) is 1. The van der Waals surface area contributed by atoms with Crippen LogP contribution < -0.4 is 0 Å². The molecule has 21 heavy (non-hydrogen) atoms. The van der Waals surface area contributed by atoms with Crippen LogP contribution in [0, 0.1) is 0 Å². The lowest BCUT2D eigenvalue weighted by Gasteiger charge is -2.50. The van der Waals surface area contributed by atoms with E-state index in [4.69, 9.17) is 4.74 Å². The average Bonchev–Trinajstić information content (AvgIpc) is 2.92. The van der Waals surface area contributed by atoms with E-state index in [0.717, 1.165) is 12.8 Å². The van der Waals surface area contributed by atoms with Gasteiger partial charge in [-0.25, -0.2) is 0 Å². The van der Waals surface area contributed by atoms with E-state index in [1.165, 1.54) is 6.42 Å². The van der Waals surface area contributed by atoms with Crippen molar-refractivity contribution in [1.29, 1.82) is 0 Å². The summed E-state index contributed by atoms with van der Waals surface area (Å²) in [7, 11) is 0. The van der Waals surface area contributed by atoms with Crippen LogP contribution in [0.1, 0.15) is 36.7 Å². The first-order valence-corrected chi connectivity index (χ1v) is 7.43. The van der Waals surface area contributed by atoms with E-state index in [2.05, 4.69) is 10.2 Å². The van der Waals surface area contributed by atoms with Crippen molar-refractivity contribution in [2.45, 2.75) is 37.9 Å². The van der Waals surface area contributed by atoms with Crippen molar-refractivity contribution in [1.82, 2.24) is 19.5 Å². The summed E-state index contributed by atoms with van der Waals surface area (Å²) >= 11 is 0. The summed E-state index contributed by atoms with van der Waals surface area (Å²) in [5.41, 5.74) is 1.20. The molecule has 1 atom stereocenters. The van der Waals surface area contributed by atoms with E-state index in [-0.39, 0.29) is 17.6 Å². The van der Waals surface area contributed by atoms with E-state index < -0.39 is 0 Å². The monoisotopic (exact) mass is 286 g/mol. The number of aromatic nitrogens is 3. The summed E-state index contributed by atoms with van der Waals surface area (Å²) in [4.78, 5) is 14.8. The zero-order chi connectivity index (χ0) is 14.4. The largest absolute Gasteiger partial charge is 0.368 e. The molecule has 1 saturated carbocycles. The third-order valence-corrected chi connectivity index (χ3v) is 4.51. The van der Waals surface area contributed by atoms with Crippen molar-refractivity contribution < 1.29 is 9.53 Å². The minimum Gasteiger partial charge on any atom is -0.368 e. The van der Waals surface area contributed by atoms with Crippen LogP contribution in [0.4, 0.5) is 0 Å². The van der Waals surface area contributed by atoms with Crippen molar-refractivity contribution in [3.05, 3.63) is 30.2 Å². The highest BCUT2D eigenvalue weighted by Gasteiger charge is 2.45. The maximum Gasteiger partial charge on any atom is 0.271 e. The van der Waals surface area contributed by atoms with Crippen LogP contribution in [0.5, 0.6) is 0 Å². The Kier molecular flexibility index (Phi) is 2.75. The average molecular weight is 286 g/mol. The Morgan fingerprint density at radius 2 is 2.29 bits per heavy atom. The second kappa shape index (κ2) is 4.53. The molecule has 110 valence electrons. The molecule has 2 aliphatic rings. The van der Waals surface area contributed by atoms with Gasteiger partial charge in [-0.2, -0.15) is 0 Å². The Labute approximate surface area is 122 Å². The molecule has 1 spiro atoms. The van der Waals surface area contributed by atoms with Crippen LogP contribution >= 0.6 is 0 Å². The maximum absolute atomic E-state index is 12.9. The molecule has 0 aromatic carbocycles. The number of morpholine rings is 1. The van der Waals surface area contributed by atoms with E-state index in [9.17, 15) is 4.79 Å². The van der Waals surface area contributed by atoms with E-state index in [0.29, 0.717) is 24.4 Å². The molecule has 2 aromatic rings. The second-order valence-electron chi connectivity index (χ2n) is 6.12. The smallest absolute Gasteiger partial charge is 0.271 e. The van der Waals surface area contributed by atoms with Crippen LogP contribution in [0.3, 0.4) is 0 Å².